The van der Waals surface area contributed by atoms with Crippen molar-refractivity contribution in [2.75, 3.05) is 12.4 Å². The second kappa shape index (κ2) is 7.75. The van der Waals surface area contributed by atoms with Crippen molar-refractivity contribution in [2.45, 2.75) is 26.8 Å². The molecule has 3 heterocycles. The molecule has 1 aromatic carbocycles. The number of amides is 1. The SMILES string of the molecule is COc1cc2c(NC(C)c3cnn(C)c3)c(C(N)=O)cnc2cc1-c1c(C)noc1C. The summed E-state index contributed by atoms with van der Waals surface area (Å²) in [5.41, 5.74) is 10.6. The number of carbonyl (C=O) groups excluding carboxylic acids is 1. The number of carbonyl (C=O) groups is 1. The summed E-state index contributed by atoms with van der Waals surface area (Å²) in [5, 5.41) is 12.4. The number of benzene rings is 1. The second-order valence-corrected chi connectivity index (χ2v) is 7.49. The minimum Gasteiger partial charge on any atom is -0.496 e. The predicted molar refractivity (Wildman–Crippen MR) is 117 cm³/mol. The first-order valence-electron chi connectivity index (χ1n) is 9.79. The van der Waals surface area contributed by atoms with Crippen LogP contribution in [-0.2, 0) is 7.05 Å². The standard InChI is InChI=1S/C22H24N6O3/c1-11(14-8-25-28(4)10-14)26-21-15-7-19(30-5)16(20-12(2)27-31-13(20)3)6-18(15)24-9-17(21)22(23)29/h6-11H,1-5H3,(H2,23,29)(H,24,26). The number of aromatic nitrogens is 4. The first-order chi connectivity index (χ1) is 14.8. The number of nitrogens with two attached hydrogens (primary N) is 1. The normalized spacial score (nSPS) is 12.2. The topological polar surface area (TPSA) is 121 Å². The van der Waals surface area contributed by atoms with Crippen LogP contribution in [-0.4, -0.2) is 32.9 Å². The summed E-state index contributed by atoms with van der Waals surface area (Å²) in [5.74, 6) is 0.735. The number of aryl methyl sites for hydroxylation is 3. The number of pyridine rings is 1. The zero-order chi connectivity index (χ0) is 22.3. The van der Waals surface area contributed by atoms with Gasteiger partial charge in [-0.15, -0.1) is 0 Å². The molecule has 0 saturated carbocycles. The molecule has 1 amide bonds. The molecule has 0 fully saturated rings. The van der Waals surface area contributed by atoms with E-state index in [1.807, 2.05) is 46.1 Å². The molecule has 9 nitrogen and oxygen atoms in total. The number of rotatable bonds is 6. The maximum Gasteiger partial charge on any atom is 0.252 e. The third-order valence-electron chi connectivity index (χ3n) is 5.34. The van der Waals surface area contributed by atoms with Crippen molar-refractivity contribution in [3.8, 4) is 16.9 Å². The highest BCUT2D eigenvalue weighted by atomic mass is 16.5. The minimum atomic E-state index is -0.566. The monoisotopic (exact) mass is 420 g/mol. The Labute approximate surface area is 179 Å². The molecule has 0 aliphatic heterocycles. The molecule has 160 valence electrons. The Morgan fingerprint density at radius 2 is 2.06 bits per heavy atom. The van der Waals surface area contributed by atoms with Crippen LogP contribution in [0, 0.1) is 13.8 Å². The first-order valence-corrected chi connectivity index (χ1v) is 9.79. The highest BCUT2D eigenvalue weighted by molar-refractivity contribution is 6.07. The van der Waals surface area contributed by atoms with E-state index in [2.05, 4.69) is 20.6 Å². The van der Waals surface area contributed by atoms with Crippen LogP contribution in [0.4, 0.5) is 5.69 Å². The van der Waals surface area contributed by atoms with Crippen LogP contribution in [0.3, 0.4) is 0 Å². The van der Waals surface area contributed by atoms with Crippen molar-refractivity contribution >= 4 is 22.5 Å². The minimum absolute atomic E-state index is 0.120. The number of hydrogen-bond donors (Lipinski definition) is 2. The Balaban J connectivity index is 1.91. The lowest BCUT2D eigenvalue weighted by atomic mass is 9.99. The fraction of sp³-hybridized carbons (Fsp3) is 0.273. The lowest BCUT2D eigenvalue weighted by Gasteiger charge is -2.19. The number of ether oxygens (including phenoxy) is 1. The molecule has 0 saturated heterocycles. The zero-order valence-electron chi connectivity index (χ0n) is 18.1. The second-order valence-electron chi connectivity index (χ2n) is 7.49. The summed E-state index contributed by atoms with van der Waals surface area (Å²) in [4.78, 5) is 16.6. The van der Waals surface area contributed by atoms with Crippen molar-refractivity contribution in [1.82, 2.24) is 19.9 Å². The number of methoxy groups -OCH3 is 1. The van der Waals surface area contributed by atoms with Crippen LogP contribution < -0.4 is 15.8 Å². The summed E-state index contributed by atoms with van der Waals surface area (Å²) in [6.45, 7) is 5.72. The van der Waals surface area contributed by atoms with Gasteiger partial charge in [-0.2, -0.15) is 5.10 Å². The van der Waals surface area contributed by atoms with Crippen molar-refractivity contribution in [3.05, 3.63) is 53.3 Å². The molecule has 0 aliphatic carbocycles. The summed E-state index contributed by atoms with van der Waals surface area (Å²) >= 11 is 0. The average molecular weight is 420 g/mol. The highest BCUT2D eigenvalue weighted by Crippen LogP contribution is 2.40. The molecule has 3 aromatic heterocycles. The van der Waals surface area contributed by atoms with E-state index in [0.717, 1.165) is 27.8 Å². The lowest BCUT2D eigenvalue weighted by molar-refractivity contribution is 0.100. The van der Waals surface area contributed by atoms with E-state index in [-0.39, 0.29) is 6.04 Å². The van der Waals surface area contributed by atoms with Gasteiger partial charge in [-0.3, -0.25) is 14.5 Å². The van der Waals surface area contributed by atoms with E-state index in [9.17, 15) is 4.79 Å². The van der Waals surface area contributed by atoms with E-state index in [1.165, 1.54) is 6.20 Å². The third kappa shape index (κ3) is 3.58. The maximum absolute atomic E-state index is 12.2. The number of fused-ring (bicyclic) bond motifs is 1. The molecule has 0 radical (unpaired) electrons. The molecular formula is C22H24N6O3. The number of anilines is 1. The summed E-state index contributed by atoms with van der Waals surface area (Å²) in [7, 11) is 3.45. The molecule has 1 atom stereocenters. The molecule has 31 heavy (non-hydrogen) atoms. The van der Waals surface area contributed by atoms with E-state index >= 15 is 0 Å². The lowest BCUT2D eigenvalue weighted by Crippen LogP contribution is -2.17. The Morgan fingerprint density at radius 3 is 2.65 bits per heavy atom. The predicted octanol–water partition coefficient (Wildman–Crippen LogP) is 3.52. The van der Waals surface area contributed by atoms with Crippen LogP contribution in [0.25, 0.3) is 22.0 Å². The van der Waals surface area contributed by atoms with Crippen molar-refractivity contribution in [1.29, 1.82) is 0 Å². The van der Waals surface area contributed by atoms with Crippen molar-refractivity contribution < 1.29 is 14.1 Å². The van der Waals surface area contributed by atoms with Gasteiger partial charge >= 0.3 is 0 Å². The van der Waals surface area contributed by atoms with E-state index in [0.29, 0.717) is 28.3 Å². The molecule has 0 aliphatic rings. The summed E-state index contributed by atoms with van der Waals surface area (Å²) < 4.78 is 12.7. The molecule has 0 bridgehead atoms. The van der Waals surface area contributed by atoms with Crippen LogP contribution in [0.2, 0.25) is 0 Å². The van der Waals surface area contributed by atoms with Crippen molar-refractivity contribution in [3.63, 3.8) is 0 Å². The number of nitrogens with one attached hydrogen (secondary N) is 1. The Morgan fingerprint density at radius 1 is 1.29 bits per heavy atom. The van der Waals surface area contributed by atoms with Crippen LogP contribution >= 0.6 is 0 Å². The Bertz CT molecular complexity index is 1270. The van der Waals surface area contributed by atoms with Gasteiger partial charge in [0.1, 0.15) is 11.5 Å². The average Bonchev–Trinajstić information content (AvgIpc) is 3.32. The van der Waals surface area contributed by atoms with E-state index in [1.54, 1.807) is 18.0 Å². The van der Waals surface area contributed by atoms with Gasteiger partial charge in [-0.1, -0.05) is 5.16 Å². The highest BCUT2D eigenvalue weighted by Gasteiger charge is 2.21. The van der Waals surface area contributed by atoms with Gasteiger partial charge in [0.05, 0.1) is 47.4 Å². The van der Waals surface area contributed by atoms with Crippen LogP contribution in [0.5, 0.6) is 5.75 Å². The zero-order valence-corrected chi connectivity index (χ0v) is 18.1. The molecular weight excluding hydrogens is 396 g/mol. The van der Waals surface area contributed by atoms with Crippen LogP contribution in [0.1, 0.15) is 40.3 Å². The summed E-state index contributed by atoms with van der Waals surface area (Å²) in [6.07, 6.45) is 5.19. The number of primary amides is 1. The maximum atomic E-state index is 12.2. The fourth-order valence-electron chi connectivity index (χ4n) is 3.76. The molecule has 4 rings (SSSR count). The number of nitrogens with zero attached hydrogens (tertiary/aromatic N) is 4. The van der Waals surface area contributed by atoms with Crippen molar-refractivity contribution in [2.24, 2.45) is 12.8 Å². The number of hydrogen-bond acceptors (Lipinski definition) is 7. The van der Waals surface area contributed by atoms with Gasteiger partial charge in [-0.25, -0.2) is 0 Å². The molecule has 1 unspecified atom stereocenters. The van der Waals surface area contributed by atoms with Gasteiger partial charge in [0.25, 0.3) is 5.91 Å². The fourth-order valence-corrected chi connectivity index (χ4v) is 3.76. The Hall–Kier alpha value is -3.88. The Kier molecular flexibility index (Phi) is 5.10. The third-order valence-corrected chi connectivity index (χ3v) is 5.34. The molecule has 4 aromatic rings. The van der Waals surface area contributed by atoms with Gasteiger partial charge in [0.15, 0.2) is 0 Å². The molecule has 0 spiro atoms. The first kappa shape index (κ1) is 20.4. The van der Waals surface area contributed by atoms with Gasteiger partial charge < -0.3 is 20.3 Å². The quantitative estimate of drug-likeness (QED) is 0.489. The summed E-state index contributed by atoms with van der Waals surface area (Å²) in [6, 6.07) is 3.64. The van der Waals surface area contributed by atoms with E-state index < -0.39 is 5.91 Å². The van der Waals surface area contributed by atoms with Gasteiger partial charge in [-0.05, 0) is 32.9 Å². The molecule has 3 N–H and O–H groups in total. The van der Waals surface area contributed by atoms with Crippen LogP contribution in [0.15, 0.2) is 35.2 Å². The van der Waals surface area contributed by atoms with Gasteiger partial charge in [0, 0.05) is 36.0 Å². The molecule has 9 heteroatoms. The smallest absolute Gasteiger partial charge is 0.252 e. The van der Waals surface area contributed by atoms with Gasteiger partial charge in [0.2, 0.25) is 0 Å². The van der Waals surface area contributed by atoms with E-state index in [4.69, 9.17) is 15.0 Å². The largest absolute Gasteiger partial charge is 0.496 e.